The first kappa shape index (κ1) is 25.7. The highest BCUT2D eigenvalue weighted by atomic mass is 16.6. The first-order chi connectivity index (χ1) is 16.4. The summed E-state index contributed by atoms with van der Waals surface area (Å²) in [5.41, 5.74) is 3.36. The van der Waals surface area contributed by atoms with Crippen molar-refractivity contribution >= 4 is 5.97 Å². The lowest BCUT2D eigenvalue weighted by molar-refractivity contribution is 0.0732. The molecule has 0 saturated carbocycles. The smallest absolute Gasteiger partial charge is 0.351 e. The molecule has 0 bridgehead atoms. The maximum atomic E-state index is 13.3. The minimum atomic E-state index is -0.892. The van der Waals surface area contributed by atoms with Crippen LogP contribution >= 0.6 is 0 Å². The van der Waals surface area contributed by atoms with E-state index in [0.29, 0.717) is 5.56 Å². The second-order valence-electron chi connectivity index (χ2n) is 9.36. The molecule has 35 heavy (non-hydrogen) atoms. The van der Waals surface area contributed by atoms with Crippen LogP contribution in [-0.4, -0.2) is 26.4 Å². The van der Waals surface area contributed by atoms with Crippen molar-refractivity contribution in [3.05, 3.63) is 63.3 Å². The van der Waals surface area contributed by atoms with E-state index in [1.807, 2.05) is 59.8 Å². The molecule has 0 radical (unpaired) electrons. The number of hydrogen-bond donors (Lipinski definition) is 4. The normalized spacial score (nSPS) is 11.9. The van der Waals surface area contributed by atoms with Crippen molar-refractivity contribution in [2.75, 3.05) is 0 Å². The SMILES string of the molecule is CC(C)=CCc1c(O)c(CC=C(C)C)c2c(c1O)C(=O)Oc1c(cc(O)c(O)c1CC=C(C)C)O2. The van der Waals surface area contributed by atoms with Crippen LogP contribution in [0.5, 0.6) is 40.2 Å². The van der Waals surface area contributed by atoms with E-state index in [9.17, 15) is 25.2 Å². The molecular weight excluding hydrogens is 448 g/mol. The molecule has 3 rings (SSSR count). The fourth-order valence-electron chi connectivity index (χ4n) is 3.71. The lowest BCUT2D eigenvalue weighted by Gasteiger charge is -2.18. The van der Waals surface area contributed by atoms with Crippen LogP contribution in [0.25, 0.3) is 0 Å². The number of allylic oxidation sites excluding steroid dienone is 6. The van der Waals surface area contributed by atoms with Crippen LogP contribution in [0.1, 0.15) is 68.6 Å². The Morgan fingerprint density at radius 3 is 1.69 bits per heavy atom. The molecule has 0 atom stereocenters. The van der Waals surface area contributed by atoms with Crippen molar-refractivity contribution in [1.82, 2.24) is 0 Å². The third-order valence-corrected chi connectivity index (χ3v) is 5.64. The molecule has 7 nitrogen and oxygen atoms in total. The van der Waals surface area contributed by atoms with E-state index in [1.54, 1.807) is 0 Å². The van der Waals surface area contributed by atoms with Crippen molar-refractivity contribution in [3.63, 3.8) is 0 Å². The number of rotatable bonds is 6. The minimum absolute atomic E-state index is 0.0149. The number of hydrogen-bond acceptors (Lipinski definition) is 7. The number of phenolic OH excluding ortho intramolecular Hbond substituents is 4. The summed E-state index contributed by atoms with van der Waals surface area (Å²) in [4.78, 5) is 13.3. The monoisotopic (exact) mass is 480 g/mol. The largest absolute Gasteiger partial charge is 0.507 e. The van der Waals surface area contributed by atoms with Crippen LogP contribution in [0.2, 0.25) is 0 Å². The van der Waals surface area contributed by atoms with E-state index in [1.165, 1.54) is 0 Å². The van der Waals surface area contributed by atoms with E-state index in [0.717, 1.165) is 22.8 Å². The van der Waals surface area contributed by atoms with Gasteiger partial charge in [-0.2, -0.15) is 0 Å². The van der Waals surface area contributed by atoms with Crippen molar-refractivity contribution in [1.29, 1.82) is 0 Å². The van der Waals surface area contributed by atoms with Gasteiger partial charge in [-0.25, -0.2) is 4.79 Å². The number of carbonyl (C=O) groups excluding carboxylic acids is 1. The molecule has 0 spiro atoms. The van der Waals surface area contributed by atoms with Gasteiger partial charge in [-0.05, 0) is 60.8 Å². The van der Waals surface area contributed by atoms with Gasteiger partial charge in [0, 0.05) is 22.8 Å². The van der Waals surface area contributed by atoms with Gasteiger partial charge in [-0.1, -0.05) is 34.9 Å². The summed E-state index contributed by atoms with van der Waals surface area (Å²) in [6.45, 7) is 11.3. The van der Waals surface area contributed by atoms with Gasteiger partial charge in [0.05, 0.1) is 0 Å². The van der Waals surface area contributed by atoms with E-state index >= 15 is 0 Å². The number of carbonyl (C=O) groups is 1. The Balaban J connectivity index is 2.31. The Kier molecular flexibility index (Phi) is 7.48. The van der Waals surface area contributed by atoms with Crippen LogP contribution in [0.4, 0.5) is 0 Å². The molecule has 1 aliphatic heterocycles. The zero-order valence-electron chi connectivity index (χ0n) is 20.9. The molecule has 0 amide bonds. The van der Waals surface area contributed by atoms with E-state index in [4.69, 9.17) is 9.47 Å². The van der Waals surface area contributed by atoms with Gasteiger partial charge in [0.1, 0.15) is 17.1 Å². The van der Waals surface area contributed by atoms with Gasteiger partial charge in [0.15, 0.2) is 28.7 Å². The summed E-state index contributed by atoms with van der Waals surface area (Å²) in [5.74, 6) is -2.51. The maximum absolute atomic E-state index is 13.3. The van der Waals surface area contributed by atoms with Crippen LogP contribution in [-0.2, 0) is 19.3 Å². The molecule has 0 unspecified atom stereocenters. The topological polar surface area (TPSA) is 116 Å². The summed E-state index contributed by atoms with van der Waals surface area (Å²) in [6.07, 6.45) is 6.11. The molecule has 0 fully saturated rings. The number of esters is 1. The fraction of sp³-hybridized carbons (Fsp3) is 0.321. The number of aromatic hydroxyl groups is 4. The Bertz CT molecular complexity index is 1270. The molecule has 1 heterocycles. The second-order valence-corrected chi connectivity index (χ2v) is 9.36. The zero-order valence-corrected chi connectivity index (χ0v) is 20.9. The van der Waals surface area contributed by atoms with Crippen molar-refractivity contribution in [2.24, 2.45) is 0 Å². The molecule has 0 aromatic heterocycles. The van der Waals surface area contributed by atoms with Crippen molar-refractivity contribution < 1.29 is 34.7 Å². The van der Waals surface area contributed by atoms with Gasteiger partial charge in [-0.3, -0.25) is 0 Å². The Labute approximate surface area is 205 Å². The third kappa shape index (κ3) is 5.29. The van der Waals surface area contributed by atoms with Crippen LogP contribution in [0.15, 0.2) is 41.0 Å². The summed E-state index contributed by atoms with van der Waals surface area (Å²) in [7, 11) is 0. The highest BCUT2D eigenvalue weighted by Gasteiger charge is 2.35. The Morgan fingerprint density at radius 2 is 1.17 bits per heavy atom. The highest BCUT2D eigenvalue weighted by molar-refractivity contribution is 6.00. The average Bonchev–Trinajstić information content (AvgIpc) is 2.89. The molecular formula is C28H32O7. The first-order valence-electron chi connectivity index (χ1n) is 11.4. The van der Waals surface area contributed by atoms with Gasteiger partial charge in [-0.15, -0.1) is 0 Å². The third-order valence-electron chi connectivity index (χ3n) is 5.64. The molecule has 186 valence electrons. The lowest BCUT2D eigenvalue weighted by Crippen LogP contribution is -2.11. The number of benzene rings is 2. The van der Waals surface area contributed by atoms with Crippen LogP contribution in [0, 0.1) is 0 Å². The predicted molar refractivity (Wildman–Crippen MR) is 134 cm³/mol. The second kappa shape index (κ2) is 10.2. The standard InChI is InChI=1S/C28H32O7/c1-14(2)7-10-17-23(30)18(11-8-15(3)4)27-22(25(17)32)28(33)35-26-19(12-9-16(5)6)24(31)20(29)13-21(26)34-27/h7-9,13,29-32H,10-12H2,1-6H3. The quantitative estimate of drug-likeness (QED) is 0.164. The number of ether oxygens (including phenoxy) is 2. The summed E-state index contributed by atoms with van der Waals surface area (Å²) in [6, 6.07) is 1.15. The maximum Gasteiger partial charge on any atom is 0.351 e. The molecule has 1 aliphatic rings. The Hall–Kier alpha value is -3.87. The fourth-order valence-corrected chi connectivity index (χ4v) is 3.71. The average molecular weight is 481 g/mol. The highest BCUT2D eigenvalue weighted by Crippen LogP contribution is 2.52. The summed E-state index contributed by atoms with van der Waals surface area (Å²) < 4.78 is 11.7. The van der Waals surface area contributed by atoms with Gasteiger partial charge < -0.3 is 29.9 Å². The molecule has 7 heteroatoms. The zero-order chi connectivity index (χ0) is 26.0. The lowest BCUT2D eigenvalue weighted by atomic mass is 9.95. The van der Waals surface area contributed by atoms with Crippen molar-refractivity contribution in [2.45, 2.75) is 60.8 Å². The predicted octanol–water partition coefficient (Wildman–Crippen LogP) is 6.36. The number of phenols is 4. The summed E-state index contributed by atoms with van der Waals surface area (Å²) >= 11 is 0. The van der Waals surface area contributed by atoms with E-state index < -0.39 is 23.2 Å². The van der Waals surface area contributed by atoms with E-state index in [2.05, 4.69) is 0 Å². The van der Waals surface area contributed by atoms with Crippen LogP contribution < -0.4 is 9.47 Å². The van der Waals surface area contributed by atoms with Crippen molar-refractivity contribution in [3.8, 4) is 40.2 Å². The molecule has 0 aliphatic carbocycles. The molecule has 0 saturated heterocycles. The van der Waals surface area contributed by atoms with Crippen LogP contribution in [0.3, 0.4) is 0 Å². The van der Waals surface area contributed by atoms with Gasteiger partial charge >= 0.3 is 5.97 Å². The first-order valence-corrected chi connectivity index (χ1v) is 11.4. The molecule has 4 N–H and O–H groups in total. The van der Waals surface area contributed by atoms with Gasteiger partial charge in [0.25, 0.3) is 0 Å². The Morgan fingerprint density at radius 1 is 0.686 bits per heavy atom. The van der Waals surface area contributed by atoms with Gasteiger partial charge in [0.2, 0.25) is 0 Å². The summed E-state index contributed by atoms with van der Waals surface area (Å²) in [5, 5.41) is 43.0. The number of fused-ring (bicyclic) bond motifs is 2. The molecule has 2 aromatic rings. The minimum Gasteiger partial charge on any atom is -0.507 e. The molecule has 2 aromatic carbocycles. The van der Waals surface area contributed by atoms with E-state index in [-0.39, 0.29) is 59.0 Å².